The lowest BCUT2D eigenvalue weighted by molar-refractivity contribution is 0.665. The standard InChI is InChI=1S/C68H56N6S2/c1-3-5-39-71-61-41-47(27-31-55(61)57-33-29-53(43-63(57)71)73(49-19-11-7-12-20-49)50-21-13-8-14-22-50)65-35-37-67(75-65)59-45-70-60(46-69-59)68-38-36-66(76-68)48-28-32-56-58-34-30-54(44-64(58)72(40-6-4-2)62(56)42-48)74(51-23-15-9-16-24-51)52-25-17-10-18-26-52/h7-38,41-46H,3-6,39-40H2,1-2H3. The average Bonchev–Trinajstić information content (AvgIpc) is 4.37. The topological polar surface area (TPSA) is 42.1 Å². The predicted molar refractivity (Wildman–Crippen MR) is 325 cm³/mol. The first-order chi connectivity index (χ1) is 37.6. The van der Waals surface area contributed by atoms with Crippen molar-refractivity contribution in [3.05, 3.63) is 231 Å². The number of anilines is 6. The summed E-state index contributed by atoms with van der Waals surface area (Å²) < 4.78 is 5.08. The van der Waals surface area contributed by atoms with Gasteiger partial charge in [-0.1, -0.05) is 136 Å². The molecular weight excluding hydrogens is 965 g/mol. The molecule has 8 aromatic carbocycles. The van der Waals surface area contributed by atoms with Gasteiger partial charge in [0.25, 0.3) is 0 Å². The van der Waals surface area contributed by atoms with Crippen molar-refractivity contribution < 1.29 is 0 Å². The van der Waals surface area contributed by atoms with Crippen LogP contribution in [0.25, 0.3) is 85.6 Å². The Morgan fingerprint density at radius 2 is 0.671 bits per heavy atom. The highest BCUT2D eigenvalue weighted by atomic mass is 32.1. The third-order valence-corrected chi connectivity index (χ3v) is 17.0. The number of para-hydroxylation sites is 4. The van der Waals surface area contributed by atoms with Gasteiger partial charge in [-0.2, -0.15) is 0 Å². The molecule has 0 radical (unpaired) electrons. The first-order valence-corrected chi connectivity index (χ1v) is 28.2. The fourth-order valence-electron chi connectivity index (χ4n) is 10.9. The van der Waals surface area contributed by atoms with Gasteiger partial charge in [0.15, 0.2) is 0 Å². The molecule has 0 aliphatic rings. The van der Waals surface area contributed by atoms with Crippen LogP contribution in [0.1, 0.15) is 39.5 Å². The number of fused-ring (bicyclic) bond motifs is 6. The number of rotatable bonds is 16. The molecule has 0 saturated heterocycles. The molecule has 0 N–H and O–H groups in total. The highest BCUT2D eigenvalue weighted by molar-refractivity contribution is 7.19. The summed E-state index contributed by atoms with van der Waals surface area (Å²) in [5.41, 5.74) is 16.1. The van der Waals surface area contributed by atoms with Gasteiger partial charge in [0, 0.05) is 89.5 Å². The lowest BCUT2D eigenvalue weighted by atomic mass is 10.1. The van der Waals surface area contributed by atoms with E-state index in [9.17, 15) is 0 Å². The fraction of sp³-hybridized carbons (Fsp3) is 0.118. The van der Waals surface area contributed by atoms with Crippen LogP contribution in [-0.4, -0.2) is 19.1 Å². The van der Waals surface area contributed by atoms with Crippen LogP contribution in [0.3, 0.4) is 0 Å². The Hall–Kier alpha value is -8.56. The molecule has 6 nitrogen and oxygen atoms in total. The van der Waals surface area contributed by atoms with E-state index in [1.54, 1.807) is 22.7 Å². The molecule has 8 heteroatoms. The lowest BCUT2D eigenvalue weighted by Crippen LogP contribution is -2.09. The molecule has 0 aliphatic carbocycles. The maximum atomic E-state index is 5.01. The van der Waals surface area contributed by atoms with E-state index in [0.29, 0.717) is 0 Å². The van der Waals surface area contributed by atoms with Gasteiger partial charge < -0.3 is 18.9 Å². The minimum absolute atomic E-state index is 0.882. The quantitative estimate of drug-likeness (QED) is 0.0967. The third kappa shape index (κ3) is 8.83. The van der Waals surface area contributed by atoms with Crippen molar-refractivity contribution >= 4 is 100 Å². The van der Waals surface area contributed by atoms with Gasteiger partial charge in [-0.25, -0.2) is 0 Å². The van der Waals surface area contributed by atoms with E-state index in [4.69, 9.17) is 9.97 Å². The summed E-state index contributed by atoms with van der Waals surface area (Å²) in [6, 6.07) is 79.4. The van der Waals surface area contributed by atoms with E-state index in [0.717, 1.165) is 94.0 Å². The first kappa shape index (κ1) is 47.2. The largest absolute Gasteiger partial charge is 0.340 e. The molecule has 0 atom stereocenters. The smallest absolute Gasteiger partial charge is 0.0985 e. The zero-order chi connectivity index (χ0) is 51.0. The summed E-state index contributed by atoms with van der Waals surface area (Å²) >= 11 is 3.54. The maximum Gasteiger partial charge on any atom is 0.0985 e. The Morgan fingerprint density at radius 3 is 1.01 bits per heavy atom. The van der Waals surface area contributed by atoms with Crippen LogP contribution < -0.4 is 9.80 Å². The second kappa shape index (κ2) is 20.6. The van der Waals surface area contributed by atoms with E-state index in [1.807, 2.05) is 12.4 Å². The van der Waals surface area contributed by atoms with Crippen molar-refractivity contribution in [2.75, 3.05) is 9.80 Å². The van der Waals surface area contributed by atoms with Gasteiger partial charge in [-0.3, -0.25) is 9.97 Å². The van der Waals surface area contributed by atoms with Gasteiger partial charge in [-0.05, 0) is 133 Å². The van der Waals surface area contributed by atoms with Gasteiger partial charge in [-0.15, -0.1) is 22.7 Å². The zero-order valence-electron chi connectivity index (χ0n) is 42.7. The number of hydrogen-bond acceptors (Lipinski definition) is 6. The van der Waals surface area contributed by atoms with Gasteiger partial charge in [0.2, 0.25) is 0 Å². The van der Waals surface area contributed by atoms with E-state index < -0.39 is 0 Å². The molecular formula is C68H56N6S2. The SMILES string of the molecule is CCCCn1c2cc(-c3ccc(-c4cnc(-c5ccc(-c6ccc7c8ccc(N(c9ccccc9)c9ccccc9)cc8n(CCCC)c7c6)s5)cn4)s3)ccc2c2ccc(N(c3ccccc3)c3ccccc3)cc21. The Bertz CT molecular complexity index is 3790. The molecule has 76 heavy (non-hydrogen) atoms. The Balaban J connectivity index is 0.778. The van der Waals surface area contributed by atoms with Crippen LogP contribution in [0, 0.1) is 0 Å². The van der Waals surface area contributed by atoms with Crippen molar-refractivity contribution in [2.45, 2.75) is 52.6 Å². The van der Waals surface area contributed by atoms with E-state index in [-0.39, 0.29) is 0 Å². The number of unbranched alkanes of at least 4 members (excludes halogenated alkanes) is 2. The molecule has 0 bridgehead atoms. The molecule has 5 aromatic heterocycles. The van der Waals surface area contributed by atoms with Gasteiger partial charge >= 0.3 is 0 Å². The summed E-state index contributed by atoms with van der Waals surface area (Å²) in [5, 5.41) is 5.11. The van der Waals surface area contributed by atoms with Crippen molar-refractivity contribution in [2.24, 2.45) is 0 Å². The van der Waals surface area contributed by atoms with Crippen LogP contribution in [0.5, 0.6) is 0 Å². The predicted octanol–water partition coefficient (Wildman–Crippen LogP) is 20.0. The Labute approximate surface area is 452 Å². The average molecular weight is 1020 g/mol. The molecule has 5 heterocycles. The normalized spacial score (nSPS) is 11.6. The van der Waals surface area contributed by atoms with E-state index in [2.05, 4.69) is 251 Å². The van der Waals surface area contributed by atoms with Crippen LogP contribution >= 0.6 is 22.7 Å². The second-order valence-electron chi connectivity index (χ2n) is 19.5. The Kier molecular flexibility index (Phi) is 12.8. The van der Waals surface area contributed by atoms with Crippen LogP contribution in [0.15, 0.2) is 231 Å². The van der Waals surface area contributed by atoms with Crippen LogP contribution in [0.2, 0.25) is 0 Å². The number of nitrogens with zero attached hydrogens (tertiary/aromatic N) is 6. The van der Waals surface area contributed by atoms with Gasteiger partial charge in [0.05, 0.1) is 44.6 Å². The first-order valence-electron chi connectivity index (χ1n) is 26.6. The number of hydrogen-bond donors (Lipinski definition) is 0. The number of benzene rings is 8. The molecule has 370 valence electrons. The summed E-state index contributed by atoms with van der Waals surface area (Å²) in [6.07, 6.45) is 8.32. The molecule has 13 rings (SSSR count). The molecule has 0 unspecified atom stereocenters. The van der Waals surface area contributed by atoms with Crippen molar-refractivity contribution in [1.29, 1.82) is 0 Å². The third-order valence-electron chi connectivity index (χ3n) is 14.7. The summed E-state index contributed by atoms with van der Waals surface area (Å²) in [4.78, 5) is 19.4. The molecule has 13 aromatic rings. The minimum atomic E-state index is 0.882. The van der Waals surface area contributed by atoms with Crippen molar-refractivity contribution in [3.63, 3.8) is 0 Å². The second-order valence-corrected chi connectivity index (χ2v) is 21.7. The van der Waals surface area contributed by atoms with E-state index >= 15 is 0 Å². The number of aromatic nitrogens is 4. The molecule has 0 fully saturated rings. The van der Waals surface area contributed by atoms with E-state index in [1.165, 1.54) is 64.5 Å². The summed E-state index contributed by atoms with van der Waals surface area (Å²) in [6.45, 7) is 6.45. The minimum Gasteiger partial charge on any atom is -0.340 e. The highest BCUT2D eigenvalue weighted by Crippen LogP contribution is 2.44. The molecule has 0 spiro atoms. The van der Waals surface area contributed by atoms with Crippen molar-refractivity contribution in [3.8, 4) is 42.0 Å². The number of thiophene rings is 2. The van der Waals surface area contributed by atoms with Crippen LogP contribution in [0.4, 0.5) is 34.1 Å². The lowest BCUT2D eigenvalue weighted by Gasteiger charge is -2.25. The van der Waals surface area contributed by atoms with Gasteiger partial charge in [0.1, 0.15) is 0 Å². The summed E-state index contributed by atoms with van der Waals surface area (Å²) in [5.74, 6) is 0. The molecule has 0 aliphatic heterocycles. The fourth-order valence-corrected chi connectivity index (χ4v) is 12.8. The Morgan fingerprint density at radius 1 is 0.342 bits per heavy atom. The molecule has 0 amide bonds. The van der Waals surface area contributed by atoms with Crippen LogP contribution in [-0.2, 0) is 13.1 Å². The summed E-state index contributed by atoms with van der Waals surface area (Å²) in [7, 11) is 0. The van der Waals surface area contributed by atoms with Crippen molar-refractivity contribution in [1.82, 2.24) is 19.1 Å². The highest BCUT2D eigenvalue weighted by Gasteiger charge is 2.20. The molecule has 0 saturated carbocycles. The number of aryl methyl sites for hydroxylation is 2. The monoisotopic (exact) mass is 1020 g/mol. The zero-order valence-corrected chi connectivity index (χ0v) is 44.3. The maximum absolute atomic E-state index is 5.01.